The molecule has 0 radical (unpaired) electrons. The molecule has 6 heteroatoms. The van der Waals surface area contributed by atoms with Crippen LogP contribution in [0, 0.1) is 0 Å². The van der Waals surface area contributed by atoms with Gasteiger partial charge in [0.15, 0.2) is 0 Å². The third kappa shape index (κ3) is 4.22. The van der Waals surface area contributed by atoms with Gasteiger partial charge in [-0.15, -0.1) is 0 Å². The minimum Gasteiger partial charge on any atom is -0.373 e. The summed E-state index contributed by atoms with van der Waals surface area (Å²) < 4.78 is 0. The highest BCUT2D eigenvalue weighted by atomic mass is 32.2. The quantitative estimate of drug-likeness (QED) is 0.436. The number of anilines is 3. The lowest BCUT2D eigenvalue weighted by Crippen LogP contribution is -2.37. The highest BCUT2D eigenvalue weighted by Gasteiger charge is 2.23. The Balaban J connectivity index is 1.52. The van der Waals surface area contributed by atoms with E-state index in [1.54, 1.807) is 12.3 Å². The van der Waals surface area contributed by atoms with Crippen LogP contribution in [0.15, 0.2) is 98.5 Å². The second kappa shape index (κ2) is 8.32. The molecular weight excluding hydrogens is 382 g/mol. The molecule has 0 aliphatic carbocycles. The van der Waals surface area contributed by atoms with Gasteiger partial charge in [0.2, 0.25) is 0 Å². The van der Waals surface area contributed by atoms with Crippen molar-refractivity contribution in [1.29, 1.82) is 0 Å². The first-order chi connectivity index (χ1) is 14.1. The first-order valence-electron chi connectivity index (χ1n) is 9.22. The van der Waals surface area contributed by atoms with E-state index in [1.165, 1.54) is 11.8 Å². The zero-order valence-corrected chi connectivity index (χ0v) is 16.6. The highest BCUT2D eigenvalue weighted by molar-refractivity contribution is 7.99. The van der Waals surface area contributed by atoms with Gasteiger partial charge >= 0.3 is 0 Å². The van der Waals surface area contributed by atoms with Gasteiger partial charge in [0.25, 0.3) is 10.9 Å². The van der Waals surface area contributed by atoms with Crippen LogP contribution in [0.5, 0.6) is 0 Å². The third-order valence-corrected chi connectivity index (χ3v) is 5.48. The van der Waals surface area contributed by atoms with Crippen LogP contribution in [0.1, 0.15) is 18.5 Å². The Hall–Kier alpha value is -3.38. The van der Waals surface area contributed by atoms with Crippen LogP contribution in [0.25, 0.3) is 0 Å². The summed E-state index contributed by atoms with van der Waals surface area (Å²) in [5, 5.41) is 7.05. The Morgan fingerprint density at radius 1 is 0.862 bits per heavy atom. The van der Waals surface area contributed by atoms with Gasteiger partial charge in [0.1, 0.15) is 16.4 Å². The summed E-state index contributed by atoms with van der Waals surface area (Å²) in [5.74, 6) is 0. The SMILES string of the molecule is C[C@@H](Nc1c(Nc2ccnc(Sc3ccccc3)c2)c(=O)c1=O)c1ccccc1. The Bertz CT molecular complexity index is 1190. The molecule has 5 nitrogen and oxygen atoms in total. The van der Waals surface area contributed by atoms with Gasteiger partial charge in [-0.25, -0.2) is 4.98 Å². The van der Waals surface area contributed by atoms with Crippen molar-refractivity contribution < 1.29 is 0 Å². The van der Waals surface area contributed by atoms with Gasteiger partial charge < -0.3 is 10.6 Å². The molecule has 2 N–H and O–H groups in total. The average molecular weight is 401 g/mol. The summed E-state index contributed by atoms with van der Waals surface area (Å²) in [7, 11) is 0. The first-order valence-corrected chi connectivity index (χ1v) is 10.0. The molecule has 0 saturated heterocycles. The lowest BCUT2D eigenvalue weighted by atomic mass is 10.1. The largest absolute Gasteiger partial charge is 0.373 e. The van der Waals surface area contributed by atoms with Gasteiger partial charge in [-0.05, 0) is 36.8 Å². The summed E-state index contributed by atoms with van der Waals surface area (Å²) in [5.41, 5.74) is 1.35. The Labute approximate surface area is 172 Å². The predicted molar refractivity (Wildman–Crippen MR) is 118 cm³/mol. The fourth-order valence-electron chi connectivity index (χ4n) is 2.99. The second-order valence-electron chi connectivity index (χ2n) is 6.61. The Morgan fingerprint density at radius 2 is 1.52 bits per heavy atom. The minimum atomic E-state index is -0.512. The maximum atomic E-state index is 12.1. The van der Waals surface area contributed by atoms with Gasteiger partial charge in [-0.3, -0.25) is 9.59 Å². The zero-order chi connectivity index (χ0) is 20.2. The van der Waals surface area contributed by atoms with Crippen molar-refractivity contribution in [3.8, 4) is 0 Å². The van der Waals surface area contributed by atoms with Crippen LogP contribution >= 0.6 is 11.8 Å². The summed E-state index contributed by atoms with van der Waals surface area (Å²) in [6.07, 6.45) is 1.68. The third-order valence-electron chi connectivity index (χ3n) is 4.54. The molecule has 144 valence electrons. The summed E-state index contributed by atoms with van der Waals surface area (Å²) in [6, 6.07) is 23.2. The van der Waals surface area contributed by atoms with Crippen molar-refractivity contribution in [3.63, 3.8) is 0 Å². The number of pyridine rings is 1. The number of nitrogens with zero attached hydrogens (tertiary/aromatic N) is 1. The van der Waals surface area contributed by atoms with E-state index in [0.29, 0.717) is 17.1 Å². The first kappa shape index (κ1) is 19.0. The predicted octanol–water partition coefficient (Wildman–Crippen LogP) is 4.75. The van der Waals surface area contributed by atoms with Crippen LogP contribution in [-0.4, -0.2) is 4.98 Å². The number of benzene rings is 2. The minimum absolute atomic E-state index is 0.0957. The smallest absolute Gasteiger partial charge is 0.253 e. The van der Waals surface area contributed by atoms with E-state index in [-0.39, 0.29) is 6.04 Å². The van der Waals surface area contributed by atoms with E-state index < -0.39 is 10.9 Å². The second-order valence-corrected chi connectivity index (χ2v) is 7.70. The van der Waals surface area contributed by atoms with Crippen LogP contribution in [0.4, 0.5) is 17.1 Å². The fraction of sp³-hybridized carbons (Fsp3) is 0.0870. The number of hydrogen-bond acceptors (Lipinski definition) is 6. The molecule has 0 amide bonds. The lowest BCUT2D eigenvalue weighted by Gasteiger charge is -2.20. The van der Waals surface area contributed by atoms with Crippen molar-refractivity contribution in [2.45, 2.75) is 22.9 Å². The number of rotatable bonds is 7. The van der Waals surface area contributed by atoms with Crippen LogP contribution < -0.4 is 21.5 Å². The van der Waals surface area contributed by atoms with Crippen molar-refractivity contribution in [2.24, 2.45) is 0 Å². The molecule has 1 heterocycles. The van der Waals surface area contributed by atoms with E-state index in [9.17, 15) is 9.59 Å². The summed E-state index contributed by atoms with van der Waals surface area (Å²) in [4.78, 5) is 29.7. The maximum Gasteiger partial charge on any atom is 0.253 e. The molecule has 0 aliphatic rings. The van der Waals surface area contributed by atoms with Gasteiger partial charge in [0, 0.05) is 22.8 Å². The van der Waals surface area contributed by atoms with E-state index >= 15 is 0 Å². The van der Waals surface area contributed by atoms with E-state index in [0.717, 1.165) is 15.5 Å². The molecule has 0 unspecified atom stereocenters. The molecule has 1 atom stereocenters. The number of hydrogen-bond donors (Lipinski definition) is 2. The molecule has 0 aliphatic heterocycles. The van der Waals surface area contributed by atoms with E-state index in [2.05, 4.69) is 15.6 Å². The van der Waals surface area contributed by atoms with Crippen LogP contribution in [-0.2, 0) is 0 Å². The van der Waals surface area contributed by atoms with Crippen molar-refractivity contribution in [2.75, 3.05) is 10.6 Å². The topological polar surface area (TPSA) is 71.1 Å². The maximum absolute atomic E-state index is 12.1. The summed E-state index contributed by atoms with van der Waals surface area (Å²) >= 11 is 1.53. The average Bonchev–Trinajstić information content (AvgIpc) is 2.77. The summed E-state index contributed by atoms with van der Waals surface area (Å²) in [6.45, 7) is 1.96. The van der Waals surface area contributed by atoms with Crippen molar-refractivity contribution in [3.05, 3.63) is 105 Å². The van der Waals surface area contributed by atoms with Crippen LogP contribution in [0.2, 0.25) is 0 Å². The Kier molecular flexibility index (Phi) is 5.44. The molecule has 0 fully saturated rings. The molecule has 1 aromatic heterocycles. The van der Waals surface area contributed by atoms with E-state index in [1.807, 2.05) is 73.7 Å². The molecule has 0 spiro atoms. The van der Waals surface area contributed by atoms with Crippen molar-refractivity contribution >= 4 is 28.8 Å². The van der Waals surface area contributed by atoms with Gasteiger partial charge in [-0.2, -0.15) is 0 Å². The van der Waals surface area contributed by atoms with Crippen LogP contribution in [0.3, 0.4) is 0 Å². The number of aromatic nitrogens is 1. The normalized spacial score (nSPS) is 11.9. The molecule has 4 rings (SSSR count). The zero-order valence-electron chi connectivity index (χ0n) is 15.8. The number of nitrogens with one attached hydrogen (secondary N) is 2. The monoisotopic (exact) mass is 401 g/mol. The fourth-order valence-corrected chi connectivity index (χ4v) is 3.82. The molecule has 3 aromatic carbocycles. The molecule has 0 saturated carbocycles. The molecule has 0 bridgehead atoms. The van der Waals surface area contributed by atoms with Gasteiger partial charge in [0.05, 0.1) is 0 Å². The van der Waals surface area contributed by atoms with Crippen molar-refractivity contribution in [1.82, 2.24) is 4.98 Å². The lowest BCUT2D eigenvalue weighted by molar-refractivity contribution is 0.880. The highest BCUT2D eigenvalue weighted by Crippen LogP contribution is 2.29. The standard InChI is InChI=1S/C23H19N3O2S/c1-15(16-8-4-2-5-9-16)25-20-21(23(28)22(20)27)26-17-12-13-24-19(14-17)29-18-10-6-3-7-11-18/h2-15,25H,1H3,(H,24,26)/t15-/m1/s1. The molecule has 4 aromatic rings. The molecule has 29 heavy (non-hydrogen) atoms. The molecular formula is C23H19N3O2S. The van der Waals surface area contributed by atoms with Gasteiger partial charge in [-0.1, -0.05) is 60.3 Å². The van der Waals surface area contributed by atoms with E-state index in [4.69, 9.17) is 0 Å². The Morgan fingerprint density at radius 3 is 2.24 bits per heavy atom.